The van der Waals surface area contributed by atoms with Crippen molar-refractivity contribution in [2.75, 3.05) is 0 Å². The van der Waals surface area contributed by atoms with Crippen LogP contribution in [-0.4, -0.2) is 0 Å². The number of rotatable bonds is 7. The van der Waals surface area contributed by atoms with Gasteiger partial charge < -0.3 is 0 Å². The summed E-state index contributed by atoms with van der Waals surface area (Å²) in [5.41, 5.74) is 8.29. The molecule has 2 aromatic carbocycles. The van der Waals surface area contributed by atoms with Crippen LogP contribution in [0.3, 0.4) is 0 Å². The molecule has 2 fully saturated rings. The maximum absolute atomic E-state index is 2.37. The van der Waals surface area contributed by atoms with E-state index in [1.165, 1.54) is 73.6 Å². The highest BCUT2D eigenvalue weighted by Crippen LogP contribution is 2.31. The normalized spacial score (nSPS) is 21.4. The molecule has 0 aromatic heterocycles. The number of benzene rings is 2. The minimum atomic E-state index is 0.904. The van der Waals surface area contributed by atoms with E-state index in [4.69, 9.17) is 0 Å². The molecule has 0 atom stereocenters. The predicted molar refractivity (Wildman–Crippen MR) is 157 cm³/mol. The second kappa shape index (κ2) is 13.3. The van der Waals surface area contributed by atoms with Crippen LogP contribution < -0.4 is 0 Å². The maximum Gasteiger partial charge on any atom is -0.0184 e. The third-order valence-electron chi connectivity index (χ3n) is 7.14. The summed E-state index contributed by atoms with van der Waals surface area (Å²) < 4.78 is 0. The quantitative estimate of drug-likeness (QED) is 0.381. The first-order chi connectivity index (χ1) is 16.7. The van der Waals surface area contributed by atoms with Gasteiger partial charge in [0, 0.05) is 0 Å². The highest BCUT2D eigenvalue weighted by atomic mass is 32.2. The highest BCUT2D eigenvalue weighted by Gasteiger charge is 2.12. The molecule has 4 rings (SSSR count). The van der Waals surface area contributed by atoms with Crippen LogP contribution in [0.1, 0.15) is 76.3 Å². The SMILES string of the molecule is CC1CCC(=CS/C=C/c2ccc(-c3ccc(/C=C/SC=C4CCC(C)CC4)cc3)cc2)CC1. The molecule has 0 unspecified atom stereocenters. The zero-order chi connectivity index (χ0) is 23.6. The first-order valence-electron chi connectivity index (χ1n) is 12.9. The average Bonchev–Trinajstić information content (AvgIpc) is 2.87. The minimum Gasteiger partial charge on any atom is -0.106 e. The van der Waals surface area contributed by atoms with Crippen LogP contribution in [0.2, 0.25) is 0 Å². The third-order valence-corrected chi connectivity index (χ3v) is 8.66. The topological polar surface area (TPSA) is 0 Å². The Hall–Kier alpha value is -1.90. The zero-order valence-corrected chi connectivity index (χ0v) is 22.3. The second-order valence-corrected chi connectivity index (χ2v) is 11.6. The fraction of sp³-hybridized carbons (Fsp3) is 0.375. The first kappa shape index (κ1) is 25.2. The Balaban J connectivity index is 1.25. The number of allylic oxidation sites excluding steroid dienone is 2. The molecule has 2 aromatic rings. The molecule has 0 radical (unpaired) electrons. The van der Waals surface area contributed by atoms with Crippen LogP contribution in [-0.2, 0) is 0 Å². The van der Waals surface area contributed by atoms with Crippen LogP contribution in [0.4, 0.5) is 0 Å². The molecular weight excluding hydrogens is 448 g/mol. The molecule has 0 saturated heterocycles. The van der Waals surface area contributed by atoms with Crippen molar-refractivity contribution in [3.05, 3.63) is 92.4 Å². The van der Waals surface area contributed by atoms with Gasteiger partial charge in [-0.1, -0.05) is 73.5 Å². The summed E-state index contributed by atoms with van der Waals surface area (Å²) in [4.78, 5) is 0. The Morgan fingerprint density at radius 2 is 0.912 bits per heavy atom. The van der Waals surface area contributed by atoms with Gasteiger partial charge in [0.2, 0.25) is 0 Å². The van der Waals surface area contributed by atoms with E-state index in [0.717, 1.165) is 11.8 Å². The van der Waals surface area contributed by atoms with E-state index in [1.807, 2.05) is 23.5 Å². The second-order valence-electron chi connectivity index (χ2n) is 10.0. The maximum atomic E-state index is 2.37. The first-order valence-corrected chi connectivity index (χ1v) is 14.7. The van der Waals surface area contributed by atoms with Gasteiger partial charge in [0.05, 0.1) is 0 Å². The fourth-order valence-electron chi connectivity index (χ4n) is 4.58. The summed E-state index contributed by atoms with van der Waals surface area (Å²) in [5, 5.41) is 9.14. The Bertz CT molecular complexity index is 916. The van der Waals surface area contributed by atoms with Crippen LogP contribution in [0, 0.1) is 11.8 Å². The Morgan fingerprint density at radius 3 is 1.26 bits per heavy atom. The van der Waals surface area contributed by atoms with Crippen LogP contribution in [0.5, 0.6) is 0 Å². The molecule has 2 saturated carbocycles. The van der Waals surface area contributed by atoms with Gasteiger partial charge >= 0.3 is 0 Å². The Morgan fingerprint density at radius 1 is 0.559 bits per heavy atom. The molecule has 0 amide bonds. The molecule has 2 heteroatoms. The Labute approximate surface area is 215 Å². The van der Waals surface area contributed by atoms with Gasteiger partial charge in [-0.15, -0.1) is 23.5 Å². The standard InChI is InChI=1S/C32H38S2/c1-25-3-7-29(8-4-25)23-33-21-19-27-11-15-31(16-12-27)32-17-13-28(14-18-32)20-22-34-24-30-9-5-26(2)6-10-30/h11-26H,3-10H2,1-2H3/b21-19+,22-20+,29-23?,30-24?. The van der Waals surface area contributed by atoms with Crippen molar-refractivity contribution < 1.29 is 0 Å². The van der Waals surface area contributed by atoms with E-state index in [9.17, 15) is 0 Å². The van der Waals surface area contributed by atoms with E-state index in [0.29, 0.717) is 0 Å². The van der Waals surface area contributed by atoms with Crippen molar-refractivity contribution in [1.29, 1.82) is 0 Å². The van der Waals surface area contributed by atoms with Crippen LogP contribution >= 0.6 is 23.5 Å². The lowest BCUT2D eigenvalue weighted by Crippen LogP contribution is -2.03. The van der Waals surface area contributed by atoms with Gasteiger partial charge in [0.25, 0.3) is 0 Å². The lowest BCUT2D eigenvalue weighted by Gasteiger charge is -2.19. The molecule has 0 nitrogen and oxygen atoms in total. The third kappa shape index (κ3) is 8.10. The van der Waals surface area contributed by atoms with Gasteiger partial charge in [-0.25, -0.2) is 0 Å². The highest BCUT2D eigenvalue weighted by molar-refractivity contribution is 8.05. The summed E-state index contributed by atoms with van der Waals surface area (Å²) in [7, 11) is 0. The zero-order valence-electron chi connectivity index (χ0n) is 20.7. The molecular formula is C32H38S2. The van der Waals surface area contributed by atoms with Gasteiger partial charge in [0.1, 0.15) is 0 Å². The van der Waals surface area contributed by atoms with Crippen molar-refractivity contribution in [3.8, 4) is 11.1 Å². The average molecular weight is 487 g/mol. The molecule has 178 valence electrons. The predicted octanol–water partition coefficient (Wildman–Crippen LogP) is 10.9. The largest absolute Gasteiger partial charge is 0.106 e. The molecule has 2 aliphatic rings. The fourth-order valence-corrected chi connectivity index (χ4v) is 6.07. The summed E-state index contributed by atoms with van der Waals surface area (Å²) in [6, 6.07) is 17.8. The van der Waals surface area contributed by atoms with E-state index in [1.54, 1.807) is 11.1 Å². The van der Waals surface area contributed by atoms with E-state index in [2.05, 4.69) is 96.2 Å². The van der Waals surface area contributed by atoms with Crippen molar-refractivity contribution in [2.45, 2.75) is 65.2 Å². The van der Waals surface area contributed by atoms with Crippen LogP contribution in [0.25, 0.3) is 23.3 Å². The number of thioether (sulfide) groups is 2. The molecule has 0 aliphatic heterocycles. The van der Waals surface area contributed by atoms with Crippen molar-refractivity contribution in [3.63, 3.8) is 0 Å². The smallest absolute Gasteiger partial charge is 0.0184 e. The number of hydrogen-bond acceptors (Lipinski definition) is 2. The molecule has 0 bridgehead atoms. The molecule has 34 heavy (non-hydrogen) atoms. The van der Waals surface area contributed by atoms with Crippen molar-refractivity contribution in [2.24, 2.45) is 11.8 Å². The van der Waals surface area contributed by atoms with Gasteiger partial charge in [-0.3, -0.25) is 0 Å². The monoisotopic (exact) mass is 486 g/mol. The minimum absolute atomic E-state index is 0.904. The summed E-state index contributed by atoms with van der Waals surface area (Å²) >= 11 is 3.64. The van der Waals surface area contributed by atoms with Gasteiger partial charge in [-0.05, 0) is 119 Å². The lowest BCUT2D eigenvalue weighted by atomic mass is 9.88. The van der Waals surface area contributed by atoms with E-state index in [-0.39, 0.29) is 0 Å². The summed E-state index contributed by atoms with van der Waals surface area (Å²) in [6.07, 6.45) is 15.0. The van der Waals surface area contributed by atoms with Crippen molar-refractivity contribution in [1.82, 2.24) is 0 Å². The number of hydrogen-bond donors (Lipinski definition) is 0. The molecule has 0 spiro atoms. The van der Waals surface area contributed by atoms with E-state index < -0.39 is 0 Å². The van der Waals surface area contributed by atoms with Gasteiger partial charge in [-0.2, -0.15) is 0 Å². The van der Waals surface area contributed by atoms with E-state index >= 15 is 0 Å². The van der Waals surface area contributed by atoms with Crippen LogP contribution in [0.15, 0.2) is 81.3 Å². The van der Waals surface area contributed by atoms with Gasteiger partial charge in [0.15, 0.2) is 0 Å². The van der Waals surface area contributed by atoms with Crippen molar-refractivity contribution >= 4 is 35.7 Å². The Kier molecular flexibility index (Phi) is 9.83. The molecule has 2 aliphatic carbocycles. The lowest BCUT2D eigenvalue weighted by molar-refractivity contribution is 0.444. The summed E-state index contributed by atoms with van der Waals surface area (Å²) in [5.74, 6) is 1.81. The summed E-state index contributed by atoms with van der Waals surface area (Å²) in [6.45, 7) is 4.74. The molecule has 0 heterocycles. The molecule has 0 N–H and O–H groups in total.